The minimum atomic E-state index is -0.339. The molecule has 104 valence electrons. The SMILES string of the molecule is Cc1cccnc1CNC(=O)c1cc(N)cc(Cl)c1Cl. The van der Waals surface area contributed by atoms with Crippen LogP contribution in [0.1, 0.15) is 21.6 Å². The van der Waals surface area contributed by atoms with Gasteiger partial charge in [0, 0.05) is 11.9 Å². The largest absolute Gasteiger partial charge is 0.399 e. The van der Waals surface area contributed by atoms with E-state index >= 15 is 0 Å². The Labute approximate surface area is 126 Å². The van der Waals surface area contributed by atoms with Gasteiger partial charge in [0.25, 0.3) is 5.91 Å². The van der Waals surface area contributed by atoms with Crippen LogP contribution in [0.15, 0.2) is 30.5 Å². The predicted octanol–water partition coefficient (Wildman–Crippen LogP) is 3.21. The predicted molar refractivity (Wildman–Crippen MR) is 81.0 cm³/mol. The molecule has 0 radical (unpaired) electrons. The number of nitrogens with two attached hydrogens (primary N) is 1. The van der Waals surface area contributed by atoms with Gasteiger partial charge >= 0.3 is 0 Å². The second kappa shape index (κ2) is 6.11. The molecular weight excluding hydrogens is 297 g/mol. The first-order valence-corrected chi connectivity index (χ1v) is 6.68. The van der Waals surface area contributed by atoms with Crippen molar-refractivity contribution in [2.24, 2.45) is 0 Å². The molecule has 1 heterocycles. The minimum Gasteiger partial charge on any atom is -0.399 e. The molecule has 4 nitrogen and oxygen atoms in total. The maximum absolute atomic E-state index is 12.1. The van der Waals surface area contributed by atoms with Gasteiger partial charge in [0.2, 0.25) is 0 Å². The van der Waals surface area contributed by atoms with Gasteiger partial charge in [-0.3, -0.25) is 9.78 Å². The Morgan fingerprint density at radius 2 is 2.15 bits per heavy atom. The summed E-state index contributed by atoms with van der Waals surface area (Å²) in [5.74, 6) is -0.339. The summed E-state index contributed by atoms with van der Waals surface area (Å²) < 4.78 is 0. The van der Waals surface area contributed by atoms with Gasteiger partial charge in [0.05, 0.1) is 27.8 Å². The third-order valence-corrected chi connectivity index (χ3v) is 3.63. The molecule has 2 aromatic rings. The van der Waals surface area contributed by atoms with E-state index in [-0.39, 0.29) is 21.5 Å². The molecule has 0 saturated carbocycles. The van der Waals surface area contributed by atoms with Crippen LogP contribution in [-0.4, -0.2) is 10.9 Å². The maximum Gasteiger partial charge on any atom is 0.253 e. The van der Waals surface area contributed by atoms with Crippen LogP contribution in [0.2, 0.25) is 10.0 Å². The van der Waals surface area contributed by atoms with Crippen LogP contribution < -0.4 is 11.1 Å². The topological polar surface area (TPSA) is 68.0 Å². The van der Waals surface area contributed by atoms with Gasteiger partial charge in [0.15, 0.2) is 0 Å². The van der Waals surface area contributed by atoms with Crippen LogP contribution >= 0.6 is 23.2 Å². The summed E-state index contributed by atoms with van der Waals surface area (Å²) in [7, 11) is 0. The molecule has 0 saturated heterocycles. The van der Waals surface area contributed by atoms with E-state index in [1.54, 1.807) is 6.20 Å². The number of aromatic nitrogens is 1. The van der Waals surface area contributed by atoms with E-state index in [2.05, 4.69) is 10.3 Å². The van der Waals surface area contributed by atoms with Gasteiger partial charge in [-0.15, -0.1) is 0 Å². The monoisotopic (exact) mass is 309 g/mol. The van der Waals surface area contributed by atoms with Crippen LogP contribution in [0.3, 0.4) is 0 Å². The van der Waals surface area contributed by atoms with Crippen molar-refractivity contribution in [1.82, 2.24) is 10.3 Å². The lowest BCUT2D eigenvalue weighted by Crippen LogP contribution is -2.24. The summed E-state index contributed by atoms with van der Waals surface area (Å²) in [4.78, 5) is 16.3. The van der Waals surface area contributed by atoms with Gasteiger partial charge in [-0.05, 0) is 30.7 Å². The number of hydrogen-bond acceptors (Lipinski definition) is 3. The number of rotatable bonds is 3. The second-order valence-electron chi connectivity index (χ2n) is 4.31. The smallest absolute Gasteiger partial charge is 0.253 e. The molecule has 2 rings (SSSR count). The highest BCUT2D eigenvalue weighted by Gasteiger charge is 2.14. The molecule has 6 heteroatoms. The van der Waals surface area contributed by atoms with Crippen molar-refractivity contribution in [3.8, 4) is 0 Å². The fourth-order valence-electron chi connectivity index (χ4n) is 1.74. The molecule has 0 unspecified atom stereocenters. The molecule has 0 spiro atoms. The van der Waals surface area contributed by atoms with Crippen LogP contribution in [-0.2, 0) is 6.54 Å². The van der Waals surface area contributed by atoms with Crippen LogP contribution in [0.5, 0.6) is 0 Å². The quantitative estimate of drug-likeness (QED) is 0.855. The number of nitrogen functional groups attached to an aromatic ring is 1. The molecule has 1 amide bonds. The Morgan fingerprint density at radius 3 is 2.85 bits per heavy atom. The number of halogens is 2. The molecule has 0 aliphatic heterocycles. The van der Waals surface area contributed by atoms with Crippen molar-refractivity contribution in [2.45, 2.75) is 13.5 Å². The molecule has 0 fully saturated rings. The lowest BCUT2D eigenvalue weighted by Gasteiger charge is -2.09. The third kappa shape index (κ3) is 3.21. The zero-order valence-corrected chi connectivity index (χ0v) is 12.3. The lowest BCUT2D eigenvalue weighted by atomic mass is 10.1. The first-order valence-electron chi connectivity index (χ1n) is 5.92. The normalized spacial score (nSPS) is 10.3. The van der Waals surface area contributed by atoms with E-state index in [1.807, 2.05) is 19.1 Å². The highest BCUT2D eigenvalue weighted by atomic mass is 35.5. The van der Waals surface area contributed by atoms with Crippen molar-refractivity contribution in [3.05, 3.63) is 57.3 Å². The number of carbonyl (C=O) groups excluding carboxylic acids is 1. The number of benzene rings is 1. The number of aryl methyl sites for hydroxylation is 1. The molecule has 1 aromatic carbocycles. The summed E-state index contributed by atoms with van der Waals surface area (Å²) in [6.07, 6.45) is 1.68. The molecule has 0 bridgehead atoms. The van der Waals surface area contributed by atoms with Gasteiger partial charge < -0.3 is 11.1 Å². The van der Waals surface area contributed by atoms with E-state index in [0.717, 1.165) is 11.3 Å². The first kappa shape index (κ1) is 14.6. The number of nitrogens with one attached hydrogen (secondary N) is 1. The van der Waals surface area contributed by atoms with E-state index in [4.69, 9.17) is 28.9 Å². The number of carbonyl (C=O) groups is 1. The van der Waals surface area contributed by atoms with Crippen molar-refractivity contribution in [3.63, 3.8) is 0 Å². The van der Waals surface area contributed by atoms with Crippen molar-refractivity contribution in [2.75, 3.05) is 5.73 Å². The van der Waals surface area contributed by atoms with Gasteiger partial charge in [-0.2, -0.15) is 0 Å². The summed E-state index contributed by atoms with van der Waals surface area (Å²) in [6.45, 7) is 2.24. The van der Waals surface area contributed by atoms with Crippen molar-refractivity contribution < 1.29 is 4.79 Å². The fraction of sp³-hybridized carbons (Fsp3) is 0.143. The van der Waals surface area contributed by atoms with E-state index in [1.165, 1.54) is 12.1 Å². The minimum absolute atomic E-state index is 0.191. The number of pyridine rings is 1. The Hall–Kier alpha value is -1.78. The number of hydrogen-bond donors (Lipinski definition) is 2. The molecule has 0 aliphatic rings. The molecule has 0 atom stereocenters. The van der Waals surface area contributed by atoms with E-state index in [9.17, 15) is 4.79 Å². The second-order valence-corrected chi connectivity index (χ2v) is 5.10. The first-order chi connectivity index (χ1) is 9.49. The Morgan fingerprint density at radius 1 is 1.40 bits per heavy atom. The average Bonchev–Trinajstić information content (AvgIpc) is 2.41. The number of anilines is 1. The average molecular weight is 310 g/mol. The molecule has 1 aromatic heterocycles. The van der Waals surface area contributed by atoms with E-state index in [0.29, 0.717) is 12.2 Å². The van der Waals surface area contributed by atoms with Crippen LogP contribution in [0, 0.1) is 6.92 Å². The van der Waals surface area contributed by atoms with Crippen molar-refractivity contribution >= 4 is 34.8 Å². The third-order valence-electron chi connectivity index (χ3n) is 2.83. The summed E-state index contributed by atoms with van der Waals surface area (Å²) in [5, 5.41) is 3.20. The zero-order chi connectivity index (χ0) is 14.7. The van der Waals surface area contributed by atoms with Crippen LogP contribution in [0.25, 0.3) is 0 Å². The molecule has 20 heavy (non-hydrogen) atoms. The Bertz CT molecular complexity index is 659. The highest BCUT2D eigenvalue weighted by Crippen LogP contribution is 2.28. The van der Waals surface area contributed by atoms with E-state index < -0.39 is 0 Å². The fourth-order valence-corrected chi connectivity index (χ4v) is 2.16. The van der Waals surface area contributed by atoms with Crippen molar-refractivity contribution in [1.29, 1.82) is 0 Å². The van der Waals surface area contributed by atoms with Gasteiger partial charge in [0.1, 0.15) is 0 Å². The molecule has 0 aliphatic carbocycles. The van der Waals surface area contributed by atoms with Gasteiger partial charge in [-0.25, -0.2) is 0 Å². The van der Waals surface area contributed by atoms with Crippen LogP contribution in [0.4, 0.5) is 5.69 Å². The summed E-state index contributed by atoms with van der Waals surface area (Å²) >= 11 is 11.9. The van der Waals surface area contributed by atoms with Gasteiger partial charge in [-0.1, -0.05) is 29.3 Å². The summed E-state index contributed by atoms with van der Waals surface area (Å²) in [5.41, 5.74) is 8.11. The number of nitrogens with zero attached hydrogens (tertiary/aromatic N) is 1. The Balaban J connectivity index is 2.15. The lowest BCUT2D eigenvalue weighted by molar-refractivity contribution is 0.0950. The molecular formula is C14H13Cl2N3O. The Kier molecular flexibility index (Phi) is 4.47. The molecule has 3 N–H and O–H groups in total. The number of amides is 1. The zero-order valence-electron chi connectivity index (χ0n) is 10.8. The summed E-state index contributed by atoms with van der Waals surface area (Å²) in [6, 6.07) is 6.77. The standard InChI is InChI=1S/C14H13Cl2N3O/c1-8-3-2-4-18-12(8)7-19-14(20)10-5-9(17)6-11(15)13(10)16/h2-6H,7,17H2,1H3,(H,19,20). The maximum atomic E-state index is 12.1. The highest BCUT2D eigenvalue weighted by molar-refractivity contribution is 6.44.